The van der Waals surface area contributed by atoms with Crippen LogP contribution in [0, 0.1) is 84.9 Å². The van der Waals surface area contributed by atoms with Gasteiger partial charge in [0.1, 0.15) is 0 Å². The minimum absolute atomic E-state index is 0.0182. The summed E-state index contributed by atoms with van der Waals surface area (Å²) in [5, 5.41) is 0. The number of aryl methyl sites for hydroxylation is 2. The Morgan fingerprint density at radius 1 is 0.207 bits per heavy atom. The SMILES string of the molecule is Cc1ccc(N2c3ccccc3B3c4cccc5c4N(c4ccccc4C54C5CC6CC(C5)CC4C6)c4cccc2c43)cc1.Cc1cccc(-c2cc3c4c(c2)N2c5ccccc5C5(c6cccc(c62)B4c2cc(C(C)(C)C)ccc2N3c2cccc(C(C)(C)C)c2)C2CC3CC(C2)CC5C3)c1.c1ccc(N2c3ccccc3B3c4cccc5c4N(c4ccccc4C54C5CC6CC(C5)CC4C6)c4cccc2c43)cc1. The Kier molecular flexibility index (Phi) is 17.8. The van der Waals surface area contributed by atoms with E-state index in [1.54, 1.807) is 33.4 Å². The van der Waals surface area contributed by atoms with Crippen molar-refractivity contribution in [1.82, 2.24) is 0 Å². The summed E-state index contributed by atoms with van der Waals surface area (Å²) >= 11 is 0. The lowest BCUT2D eigenvalue weighted by molar-refractivity contribution is -0.0419. The lowest BCUT2D eigenvalue weighted by atomic mass is 9.32. The smallest absolute Gasteiger partial charge is 0.252 e. The zero-order chi connectivity index (χ0) is 96.1. The van der Waals surface area contributed by atoms with Crippen molar-refractivity contribution in [3.63, 3.8) is 0 Å². The maximum Gasteiger partial charge on any atom is 0.252 e. The quantitative estimate of drug-likeness (QED) is 0.162. The lowest BCUT2D eigenvalue weighted by Crippen LogP contribution is -2.64. The van der Waals surface area contributed by atoms with Crippen molar-refractivity contribution in [1.29, 1.82) is 0 Å². The van der Waals surface area contributed by atoms with Gasteiger partial charge in [-0.3, -0.25) is 0 Å². The number of rotatable bonds is 4. The van der Waals surface area contributed by atoms with Crippen LogP contribution in [0.1, 0.15) is 193 Å². The van der Waals surface area contributed by atoms with Gasteiger partial charge < -0.3 is 29.4 Å². The zero-order valence-electron chi connectivity index (χ0n) is 84.9. The van der Waals surface area contributed by atoms with Gasteiger partial charge in [0.25, 0.3) is 20.1 Å². The van der Waals surface area contributed by atoms with Gasteiger partial charge in [-0.25, -0.2) is 0 Å². The molecule has 0 atom stereocenters. The van der Waals surface area contributed by atoms with Crippen molar-refractivity contribution in [2.75, 3.05) is 29.4 Å². The van der Waals surface area contributed by atoms with E-state index in [1.807, 2.05) is 0 Å². The molecule has 0 saturated heterocycles. The van der Waals surface area contributed by atoms with Gasteiger partial charge in [0.05, 0.1) is 17.1 Å². The molecular formula is C136H123B3N6. The first kappa shape index (κ1) is 84.8. The summed E-state index contributed by atoms with van der Waals surface area (Å²) in [5.74, 6) is 9.96. The number of fused-ring (bicyclic) bond motifs is 18. The van der Waals surface area contributed by atoms with Gasteiger partial charge in [-0.1, -0.05) is 289 Å². The number of hydrogen-bond donors (Lipinski definition) is 0. The van der Waals surface area contributed by atoms with Crippen LogP contribution in [0.4, 0.5) is 102 Å². The summed E-state index contributed by atoms with van der Waals surface area (Å²) in [6.07, 6.45) is 21.2. The Morgan fingerprint density at radius 2 is 0.517 bits per heavy atom. The van der Waals surface area contributed by atoms with Crippen LogP contribution in [-0.4, -0.2) is 20.1 Å². The highest BCUT2D eigenvalue weighted by atomic mass is 15.2. The number of hydrogen-bond acceptors (Lipinski definition) is 6. The van der Waals surface area contributed by atoms with Gasteiger partial charge in [0, 0.05) is 102 Å². The molecule has 9 aliphatic heterocycles. The van der Waals surface area contributed by atoms with Crippen LogP contribution < -0.4 is 78.6 Å². The number of anilines is 18. The van der Waals surface area contributed by atoms with Crippen LogP contribution in [0.25, 0.3) is 11.1 Å². The molecule has 12 bridgehead atoms. The molecule has 16 aromatic rings. The molecule has 145 heavy (non-hydrogen) atoms. The highest BCUT2D eigenvalue weighted by Gasteiger charge is 2.68. The molecular weight excluding hydrogens is 1750 g/mol. The minimum Gasteiger partial charge on any atom is -0.311 e. The average Bonchev–Trinajstić information content (AvgIpc) is 0.668. The molecule has 9 heteroatoms. The minimum atomic E-state index is 0.0182. The maximum atomic E-state index is 2.76. The van der Waals surface area contributed by atoms with Gasteiger partial charge in [-0.15, -0.1) is 0 Å². The number of benzene rings is 16. The van der Waals surface area contributed by atoms with E-state index in [-0.39, 0.29) is 47.2 Å². The average molecular weight is 1870 g/mol. The third-order valence-corrected chi connectivity index (χ3v) is 40.8. The van der Waals surface area contributed by atoms with E-state index in [0.29, 0.717) is 11.8 Å². The van der Waals surface area contributed by atoms with Gasteiger partial charge >= 0.3 is 0 Å². The summed E-state index contributed by atoms with van der Waals surface area (Å²) in [6.45, 7) is 19.1. The first-order valence-corrected chi connectivity index (χ1v) is 55.5. The van der Waals surface area contributed by atoms with Crippen LogP contribution in [0.15, 0.2) is 346 Å². The highest BCUT2D eigenvalue weighted by Crippen LogP contribution is 2.75. The van der Waals surface area contributed by atoms with Gasteiger partial charge in [-0.05, 0) is 406 Å². The van der Waals surface area contributed by atoms with Crippen molar-refractivity contribution in [3.05, 3.63) is 401 Å². The fourth-order valence-corrected chi connectivity index (χ4v) is 36.3. The van der Waals surface area contributed by atoms with Crippen LogP contribution in [0.3, 0.4) is 0 Å². The molecule has 12 aliphatic carbocycles. The Balaban J connectivity index is 0.0000000985. The van der Waals surface area contributed by atoms with Crippen molar-refractivity contribution in [2.24, 2.45) is 71.0 Å². The van der Waals surface area contributed by atoms with E-state index in [1.165, 1.54) is 281 Å². The van der Waals surface area contributed by atoms with Crippen LogP contribution >= 0.6 is 0 Å². The maximum absolute atomic E-state index is 2.76. The van der Waals surface area contributed by atoms with E-state index in [0.717, 1.165) is 59.2 Å². The topological polar surface area (TPSA) is 19.4 Å². The van der Waals surface area contributed by atoms with Crippen LogP contribution in [0.5, 0.6) is 0 Å². The first-order valence-electron chi connectivity index (χ1n) is 55.5. The molecule has 0 amide bonds. The molecule has 0 N–H and O–H groups in total. The standard InChI is InChI=1S/C55H55BN2.C41H35BN2.C40H33BN2/c1-33-13-10-14-36(23-33)37-29-49-51-50(30-37)58-47-20-9-8-17-43(47)55(40-25-34-24-35(27-40)28-41(55)26-34)44-18-12-19-45(52(44)58)56(51)46-32-39(54(5,6)7)21-22-48(46)57(49)42-16-11-15-38(31-42)53(2,3)4;1-25-16-18-30(19-17-25)43-36-13-5-3-10-33(36)42-34-11-6-9-32-40(34)44(38-15-7-14-37(43)39(38)42)35-12-4-2-8-31(35)41(32)28-21-26-20-27(23-28)24-29(41)22-26;1-2-10-29(11-3-1)42-35-17-7-5-14-32(35)41-33-15-8-13-31-39(33)43(37-19-9-18-36(42)38(37)41)34-16-6-4-12-30(34)40(31)27-21-25-20-26(23-27)24-28(40)22-25/h8-23,29-32,34-35,40-41H,24-28H2,1-7H3;2-19,26-29H,20-24H2,1H3;1-19,25-28H,20-24H2. The number of nitrogens with zero attached hydrogens (tertiary/aromatic N) is 6. The molecule has 9 heterocycles. The molecule has 0 unspecified atom stereocenters. The van der Waals surface area contributed by atoms with Gasteiger partial charge in [0.15, 0.2) is 0 Å². The van der Waals surface area contributed by atoms with Crippen molar-refractivity contribution >= 4 is 172 Å². The van der Waals surface area contributed by atoms with E-state index < -0.39 is 0 Å². The van der Waals surface area contributed by atoms with Crippen LogP contribution in [0.2, 0.25) is 0 Å². The Labute approximate surface area is 857 Å². The zero-order valence-corrected chi connectivity index (χ0v) is 84.9. The fourth-order valence-electron chi connectivity index (χ4n) is 36.3. The molecule has 706 valence electrons. The normalized spacial score (nSPS) is 26.4. The largest absolute Gasteiger partial charge is 0.311 e. The van der Waals surface area contributed by atoms with E-state index in [2.05, 4.69) is 431 Å². The first-order chi connectivity index (χ1) is 70.9. The third kappa shape index (κ3) is 11.4. The van der Waals surface area contributed by atoms with Gasteiger partial charge in [0.2, 0.25) is 0 Å². The van der Waals surface area contributed by atoms with Crippen molar-refractivity contribution < 1.29 is 0 Å². The van der Waals surface area contributed by atoms with E-state index >= 15 is 0 Å². The predicted octanol–water partition coefficient (Wildman–Crippen LogP) is 28.4. The third-order valence-electron chi connectivity index (χ3n) is 40.8. The second kappa shape index (κ2) is 30.4. The molecule has 12 saturated carbocycles. The summed E-state index contributed by atoms with van der Waals surface area (Å²) in [5.41, 5.74) is 55.1. The lowest BCUT2D eigenvalue weighted by Gasteiger charge is -2.64. The second-order valence-corrected chi connectivity index (χ2v) is 49.9. The molecule has 6 nitrogen and oxygen atoms in total. The summed E-state index contributed by atoms with van der Waals surface area (Å²) in [6, 6.07) is 135. The Morgan fingerprint density at radius 3 is 0.952 bits per heavy atom. The summed E-state index contributed by atoms with van der Waals surface area (Å²) in [4.78, 5) is 15.8. The molecule has 16 aromatic carbocycles. The second-order valence-electron chi connectivity index (χ2n) is 49.9. The molecule has 0 radical (unpaired) electrons. The fraction of sp³-hybridized carbons (Fsp3) is 0.294. The number of para-hydroxylation sites is 9. The van der Waals surface area contributed by atoms with Gasteiger partial charge in [-0.2, -0.15) is 0 Å². The molecule has 12 fully saturated rings. The summed E-state index contributed by atoms with van der Waals surface area (Å²) in [7, 11) is 0. The van der Waals surface area contributed by atoms with Crippen LogP contribution in [-0.2, 0) is 27.1 Å². The molecule has 21 aliphatic rings. The monoisotopic (exact) mass is 1870 g/mol. The van der Waals surface area contributed by atoms with E-state index in [4.69, 9.17) is 0 Å². The molecule has 37 rings (SSSR count). The van der Waals surface area contributed by atoms with Crippen molar-refractivity contribution in [2.45, 2.75) is 179 Å². The predicted molar refractivity (Wildman–Crippen MR) is 607 cm³/mol. The Bertz CT molecular complexity index is 8130. The Hall–Kier alpha value is -13.5. The summed E-state index contributed by atoms with van der Waals surface area (Å²) < 4.78 is 0. The highest BCUT2D eigenvalue weighted by molar-refractivity contribution is 7.02. The molecule has 0 aromatic heterocycles. The van der Waals surface area contributed by atoms with Crippen molar-refractivity contribution in [3.8, 4) is 11.1 Å². The molecule has 3 spiro atoms. The van der Waals surface area contributed by atoms with E-state index in [9.17, 15) is 0 Å².